The van der Waals surface area contributed by atoms with E-state index >= 15 is 0 Å². The van der Waals surface area contributed by atoms with Crippen LogP contribution >= 0.6 is 0 Å². The predicted molar refractivity (Wildman–Crippen MR) is 44.3 cm³/mol. The van der Waals surface area contributed by atoms with Crippen LogP contribution in [0.15, 0.2) is 0 Å². The summed E-state index contributed by atoms with van der Waals surface area (Å²) in [6, 6.07) is 0. The lowest BCUT2D eigenvalue weighted by atomic mass is 9.91. The standard InChI is InChI=1S/C8H16N2O/c1-8(2,3)7-9-4-6(11)5-10-7/h7,9-10H,4-5H2,1-3H3. The van der Waals surface area contributed by atoms with E-state index in [9.17, 15) is 4.79 Å². The van der Waals surface area contributed by atoms with Crippen molar-refractivity contribution in [3.8, 4) is 0 Å². The van der Waals surface area contributed by atoms with E-state index < -0.39 is 0 Å². The molecule has 0 aromatic rings. The molecular formula is C8H16N2O. The molecule has 1 heterocycles. The zero-order valence-electron chi connectivity index (χ0n) is 7.40. The molecule has 0 aliphatic carbocycles. The highest BCUT2D eigenvalue weighted by atomic mass is 16.1. The lowest BCUT2D eigenvalue weighted by molar-refractivity contribution is -0.119. The Labute approximate surface area is 67.5 Å². The number of nitrogens with one attached hydrogen (secondary N) is 2. The van der Waals surface area contributed by atoms with Gasteiger partial charge in [-0.05, 0) is 5.41 Å². The van der Waals surface area contributed by atoms with Crippen LogP contribution in [-0.2, 0) is 4.79 Å². The predicted octanol–water partition coefficient (Wildman–Crippen LogP) is 0.120. The van der Waals surface area contributed by atoms with Crippen molar-refractivity contribution in [2.45, 2.75) is 26.9 Å². The Morgan fingerprint density at radius 2 is 1.73 bits per heavy atom. The largest absolute Gasteiger partial charge is 0.297 e. The number of hydrogen-bond donors (Lipinski definition) is 2. The summed E-state index contributed by atoms with van der Waals surface area (Å²) in [6.07, 6.45) is 0.264. The first-order valence-electron chi connectivity index (χ1n) is 3.98. The molecule has 0 unspecified atom stereocenters. The molecule has 64 valence electrons. The van der Waals surface area contributed by atoms with Gasteiger partial charge in [-0.3, -0.25) is 15.4 Å². The van der Waals surface area contributed by atoms with Gasteiger partial charge in [-0.2, -0.15) is 0 Å². The van der Waals surface area contributed by atoms with Crippen LogP contribution in [-0.4, -0.2) is 25.0 Å². The van der Waals surface area contributed by atoms with Crippen molar-refractivity contribution in [3.63, 3.8) is 0 Å². The molecule has 0 spiro atoms. The summed E-state index contributed by atoms with van der Waals surface area (Å²) in [5.74, 6) is 0.241. The van der Waals surface area contributed by atoms with Crippen molar-refractivity contribution in [3.05, 3.63) is 0 Å². The number of hydrogen-bond acceptors (Lipinski definition) is 3. The topological polar surface area (TPSA) is 41.1 Å². The molecule has 0 radical (unpaired) electrons. The lowest BCUT2D eigenvalue weighted by Crippen LogP contribution is -2.58. The number of ketones is 1. The molecule has 1 saturated heterocycles. The normalized spacial score (nSPS) is 22.3. The first-order chi connectivity index (χ1) is 5.00. The summed E-state index contributed by atoms with van der Waals surface area (Å²) in [5.41, 5.74) is 0.181. The Morgan fingerprint density at radius 3 is 2.09 bits per heavy atom. The fourth-order valence-corrected chi connectivity index (χ4v) is 1.18. The van der Waals surface area contributed by atoms with Gasteiger partial charge in [-0.1, -0.05) is 20.8 Å². The highest BCUT2D eigenvalue weighted by Gasteiger charge is 2.27. The van der Waals surface area contributed by atoms with E-state index in [1.807, 2.05) is 0 Å². The maximum absolute atomic E-state index is 10.8. The highest BCUT2D eigenvalue weighted by molar-refractivity contribution is 5.83. The van der Waals surface area contributed by atoms with E-state index in [-0.39, 0.29) is 17.4 Å². The number of Topliss-reactive ketones (excluding diaryl/α,β-unsaturated/α-hetero) is 1. The Kier molecular flexibility index (Phi) is 2.30. The van der Waals surface area contributed by atoms with E-state index in [0.29, 0.717) is 13.1 Å². The summed E-state index contributed by atoms with van der Waals surface area (Å²) in [4.78, 5) is 10.8. The Balaban J connectivity index is 2.45. The van der Waals surface area contributed by atoms with Crippen molar-refractivity contribution in [2.24, 2.45) is 5.41 Å². The third-order valence-corrected chi connectivity index (χ3v) is 1.87. The molecule has 0 aromatic carbocycles. The number of carbonyl (C=O) groups excluding carboxylic acids is 1. The van der Waals surface area contributed by atoms with E-state index in [0.717, 1.165) is 0 Å². The molecular weight excluding hydrogens is 140 g/mol. The Morgan fingerprint density at radius 1 is 1.27 bits per heavy atom. The van der Waals surface area contributed by atoms with Gasteiger partial charge < -0.3 is 0 Å². The second kappa shape index (κ2) is 2.91. The first kappa shape index (κ1) is 8.68. The Hall–Kier alpha value is -0.410. The van der Waals surface area contributed by atoms with Crippen LogP contribution in [0.5, 0.6) is 0 Å². The van der Waals surface area contributed by atoms with Crippen molar-refractivity contribution in [2.75, 3.05) is 13.1 Å². The Bertz CT molecular complexity index is 150. The van der Waals surface area contributed by atoms with Crippen LogP contribution in [0.1, 0.15) is 20.8 Å². The average molecular weight is 156 g/mol. The lowest BCUT2D eigenvalue weighted by Gasteiger charge is -2.35. The van der Waals surface area contributed by atoms with Gasteiger partial charge in [0.05, 0.1) is 19.3 Å². The second-order valence-electron chi connectivity index (χ2n) is 4.10. The van der Waals surface area contributed by atoms with Crippen molar-refractivity contribution in [1.29, 1.82) is 0 Å². The van der Waals surface area contributed by atoms with Gasteiger partial charge in [-0.25, -0.2) is 0 Å². The van der Waals surface area contributed by atoms with E-state index in [2.05, 4.69) is 31.4 Å². The zero-order valence-corrected chi connectivity index (χ0v) is 7.40. The summed E-state index contributed by atoms with van der Waals surface area (Å²) < 4.78 is 0. The molecule has 1 fully saturated rings. The first-order valence-corrected chi connectivity index (χ1v) is 3.98. The summed E-state index contributed by atoms with van der Waals surface area (Å²) in [5, 5.41) is 6.30. The van der Waals surface area contributed by atoms with Gasteiger partial charge in [0.2, 0.25) is 0 Å². The van der Waals surface area contributed by atoms with Crippen LogP contribution < -0.4 is 10.6 Å². The fourth-order valence-electron chi connectivity index (χ4n) is 1.18. The quantitative estimate of drug-likeness (QED) is 0.523. The molecule has 0 aromatic heterocycles. The van der Waals surface area contributed by atoms with Gasteiger partial charge in [0, 0.05) is 0 Å². The van der Waals surface area contributed by atoms with Gasteiger partial charge >= 0.3 is 0 Å². The van der Waals surface area contributed by atoms with E-state index in [1.165, 1.54) is 0 Å². The number of carbonyl (C=O) groups is 1. The molecule has 0 saturated carbocycles. The molecule has 0 atom stereocenters. The van der Waals surface area contributed by atoms with Crippen molar-refractivity contribution in [1.82, 2.24) is 10.6 Å². The van der Waals surface area contributed by atoms with Gasteiger partial charge in [0.1, 0.15) is 0 Å². The van der Waals surface area contributed by atoms with Crippen LogP contribution in [0, 0.1) is 5.41 Å². The van der Waals surface area contributed by atoms with Crippen LogP contribution in [0.25, 0.3) is 0 Å². The zero-order chi connectivity index (χ0) is 8.48. The molecule has 1 aliphatic heterocycles. The van der Waals surface area contributed by atoms with Gasteiger partial charge in [0.25, 0.3) is 0 Å². The second-order valence-corrected chi connectivity index (χ2v) is 4.10. The molecule has 3 nitrogen and oxygen atoms in total. The molecule has 1 aliphatic rings. The SMILES string of the molecule is CC(C)(C)C1NCC(=O)CN1. The summed E-state index contributed by atoms with van der Waals surface area (Å²) in [7, 11) is 0. The average Bonchev–Trinajstić information content (AvgIpc) is 1.86. The van der Waals surface area contributed by atoms with Gasteiger partial charge in [0.15, 0.2) is 5.78 Å². The van der Waals surface area contributed by atoms with Crippen LogP contribution in [0.4, 0.5) is 0 Å². The van der Waals surface area contributed by atoms with Gasteiger partial charge in [-0.15, -0.1) is 0 Å². The van der Waals surface area contributed by atoms with Crippen molar-refractivity contribution >= 4 is 5.78 Å². The maximum atomic E-state index is 10.8. The molecule has 0 bridgehead atoms. The van der Waals surface area contributed by atoms with E-state index in [1.54, 1.807) is 0 Å². The van der Waals surface area contributed by atoms with Crippen molar-refractivity contribution < 1.29 is 4.79 Å². The molecule has 1 rings (SSSR count). The smallest absolute Gasteiger partial charge is 0.160 e. The minimum atomic E-state index is 0.181. The molecule has 0 amide bonds. The summed E-state index contributed by atoms with van der Waals surface area (Å²) in [6.45, 7) is 7.46. The molecule has 2 N–H and O–H groups in total. The minimum absolute atomic E-state index is 0.181. The highest BCUT2D eigenvalue weighted by Crippen LogP contribution is 2.17. The third-order valence-electron chi connectivity index (χ3n) is 1.87. The van der Waals surface area contributed by atoms with Crippen LogP contribution in [0.2, 0.25) is 0 Å². The fraction of sp³-hybridized carbons (Fsp3) is 0.875. The summed E-state index contributed by atoms with van der Waals surface area (Å²) >= 11 is 0. The van der Waals surface area contributed by atoms with Crippen LogP contribution in [0.3, 0.4) is 0 Å². The van der Waals surface area contributed by atoms with E-state index in [4.69, 9.17) is 0 Å². The molecule has 11 heavy (non-hydrogen) atoms. The number of rotatable bonds is 0. The maximum Gasteiger partial charge on any atom is 0.160 e. The molecule has 3 heteroatoms. The monoisotopic (exact) mass is 156 g/mol. The minimum Gasteiger partial charge on any atom is -0.297 e. The third kappa shape index (κ3) is 2.27.